The third-order valence-corrected chi connectivity index (χ3v) is 2.95. The molecule has 3 nitrogen and oxygen atoms in total. The quantitative estimate of drug-likeness (QED) is 0.709. The van der Waals surface area contributed by atoms with Gasteiger partial charge >= 0.3 is 0 Å². The lowest BCUT2D eigenvalue weighted by Crippen LogP contribution is -2.48. The highest BCUT2D eigenvalue weighted by Crippen LogP contribution is 2.36. The van der Waals surface area contributed by atoms with E-state index < -0.39 is 11.0 Å². The van der Waals surface area contributed by atoms with Gasteiger partial charge in [0.15, 0.2) is 0 Å². The fourth-order valence-electron chi connectivity index (χ4n) is 1.40. The van der Waals surface area contributed by atoms with Crippen molar-refractivity contribution in [1.29, 1.82) is 5.26 Å². The Balaban J connectivity index is 4.82. The average molecular weight is 185 g/mol. The molecule has 0 amide bonds. The molecule has 0 aliphatic rings. The van der Waals surface area contributed by atoms with Crippen molar-refractivity contribution in [3.63, 3.8) is 0 Å². The molecule has 0 aliphatic heterocycles. The van der Waals surface area contributed by atoms with Gasteiger partial charge in [0.05, 0.1) is 18.1 Å². The molecule has 0 spiro atoms. The standard InChI is InChI=1S/C10H19NO2/c1-5-9(3,7-11)10(12,6-2)8-13-4/h12H,5-6,8H2,1-4H3. The summed E-state index contributed by atoms with van der Waals surface area (Å²) in [4.78, 5) is 0. The number of nitrogens with zero attached hydrogens (tertiary/aromatic N) is 1. The number of nitriles is 1. The summed E-state index contributed by atoms with van der Waals surface area (Å²) in [6.45, 7) is 5.75. The number of hydrogen-bond donors (Lipinski definition) is 1. The largest absolute Gasteiger partial charge is 0.386 e. The summed E-state index contributed by atoms with van der Waals surface area (Å²) in [5, 5.41) is 19.2. The van der Waals surface area contributed by atoms with Gasteiger partial charge in [0.1, 0.15) is 5.60 Å². The number of hydrogen-bond acceptors (Lipinski definition) is 3. The molecule has 0 aromatic rings. The zero-order valence-corrected chi connectivity index (χ0v) is 8.92. The molecule has 0 radical (unpaired) electrons. The van der Waals surface area contributed by atoms with Gasteiger partial charge < -0.3 is 9.84 Å². The minimum atomic E-state index is -1.04. The lowest BCUT2D eigenvalue weighted by molar-refractivity contribution is -0.0997. The van der Waals surface area contributed by atoms with E-state index in [9.17, 15) is 5.11 Å². The second kappa shape index (κ2) is 4.59. The van der Waals surface area contributed by atoms with Gasteiger partial charge in [-0.3, -0.25) is 0 Å². The van der Waals surface area contributed by atoms with E-state index in [0.717, 1.165) is 0 Å². The topological polar surface area (TPSA) is 53.2 Å². The zero-order chi connectivity index (χ0) is 10.5. The van der Waals surface area contributed by atoms with Gasteiger partial charge in [-0.15, -0.1) is 0 Å². The van der Waals surface area contributed by atoms with Crippen LogP contribution in [0.5, 0.6) is 0 Å². The Labute approximate surface area is 80.3 Å². The number of rotatable bonds is 5. The lowest BCUT2D eigenvalue weighted by Gasteiger charge is -2.38. The minimum absolute atomic E-state index is 0.210. The van der Waals surface area contributed by atoms with Crippen molar-refractivity contribution in [3.8, 4) is 6.07 Å². The van der Waals surface area contributed by atoms with Crippen LogP contribution in [-0.2, 0) is 4.74 Å². The molecule has 0 bridgehead atoms. The van der Waals surface area contributed by atoms with Crippen molar-refractivity contribution in [3.05, 3.63) is 0 Å². The summed E-state index contributed by atoms with van der Waals surface area (Å²) in [6, 6.07) is 2.17. The van der Waals surface area contributed by atoms with Gasteiger partial charge in [-0.25, -0.2) is 0 Å². The lowest BCUT2D eigenvalue weighted by atomic mass is 9.71. The first kappa shape index (κ1) is 12.4. The van der Waals surface area contributed by atoms with Gasteiger partial charge in [0.25, 0.3) is 0 Å². The molecule has 0 aliphatic carbocycles. The molecule has 0 saturated carbocycles. The van der Waals surface area contributed by atoms with Crippen molar-refractivity contribution >= 4 is 0 Å². The third kappa shape index (κ3) is 2.20. The molecule has 1 N–H and O–H groups in total. The number of methoxy groups -OCH3 is 1. The monoisotopic (exact) mass is 185 g/mol. The van der Waals surface area contributed by atoms with Crippen LogP contribution in [0.3, 0.4) is 0 Å². The van der Waals surface area contributed by atoms with Crippen LogP contribution in [0.1, 0.15) is 33.6 Å². The normalized spacial score (nSPS) is 20.0. The van der Waals surface area contributed by atoms with Gasteiger partial charge in [0, 0.05) is 7.11 Å². The summed E-state index contributed by atoms with van der Waals surface area (Å²) in [5.74, 6) is 0. The van der Waals surface area contributed by atoms with E-state index in [1.165, 1.54) is 7.11 Å². The third-order valence-electron chi connectivity index (χ3n) is 2.95. The second-order valence-electron chi connectivity index (χ2n) is 3.62. The van der Waals surface area contributed by atoms with Gasteiger partial charge in [0.2, 0.25) is 0 Å². The van der Waals surface area contributed by atoms with Gasteiger partial charge in [-0.2, -0.15) is 5.26 Å². The zero-order valence-electron chi connectivity index (χ0n) is 8.92. The van der Waals surface area contributed by atoms with E-state index in [1.54, 1.807) is 6.92 Å². The smallest absolute Gasteiger partial charge is 0.106 e. The molecule has 0 rings (SSSR count). The van der Waals surface area contributed by atoms with Gasteiger partial charge in [-0.05, 0) is 19.8 Å². The van der Waals surface area contributed by atoms with E-state index in [0.29, 0.717) is 12.8 Å². The molecule has 0 saturated heterocycles. The maximum absolute atomic E-state index is 10.2. The number of ether oxygens (including phenoxy) is 1. The molecule has 76 valence electrons. The average Bonchev–Trinajstić information content (AvgIpc) is 2.16. The SMILES string of the molecule is CCC(C)(C#N)C(O)(CC)COC. The number of aliphatic hydroxyl groups is 1. The van der Waals surface area contributed by atoms with Crippen molar-refractivity contribution in [2.75, 3.05) is 13.7 Å². The highest BCUT2D eigenvalue weighted by atomic mass is 16.5. The predicted octanol–water partition coefficient (Wildman–Crippen LogP) is 1.71. The van der Waals surface area contributed by atoms with E-state index in [4.69, 9.17) is 10.00 Å². The minimum Gasteiger partial charge on any atom is -0.386 e. The van der Waals surface area contributed by atoms with Crippen molar-refractivity contribution in [2.45, 2.75) is 39.2 Å². The molecular weight excluding hydrogens is 166 g/mol. The molecule has 0 heterocycles. The van der Waals surface area contributed by atoms with E-state index >= 15 is 0 Å². The maximum Gasteiger partial charge on any atom is 0.106 e. The molecule has 2 atom stereocenters. The first-order valence-corrected chi connectivity index (χ1v) is 4.62. The van der Waals surface area contributed by atoms with Crippen LogP contribution in [0.2, 0.25) is 0 Å². The fourth-order valence-corrected chi connectivity index (χ4v) is 1.40. The van der Waals surface area contributed by atoms with Crippen molar-refractivity contribution in [1.82, 2.24) is 0 Å². The van der Waals surface area contributed by atoms with E-state index in [-0.39, 0.29) is 6.61 Å². The van der Waals surface area contributed by atoms with Crippen LogP contribution in [0, 0.1) is 16.7 Å². The van der Waals surface area contributed by atoms with Crippen molar-refractivity contribution in [2.24, 2.45) is 5.41 Å². The summed E-state index contributed by atoms with van der Waals surface area (Å²) < 4.78 is 4.95. The van der Waals surface area contributed by atoms with Crippen LogP contribution in [0.25, 0.3) is 0 Å². The molecule has 13 heavy (non-hydrogen) atoms. The maximum atomic E-state index is 10.2. The van der Waals surface area contributed by atoms with E-state index in [2.05, 4.69) is 6.07 Å². The summed E-state index contributed by atoms with van der Waals surface area (Å²) in [6.07, 6.45) is 1.15. The Morgan fingerprint density at radius 3 is 2.15 bits per heavy atom. The van der Waals surface area contributed by atoms with Crippen LogP contribution in [0.15, 0.2) is 0 Å². The fraction of sp³-hybridized carbons (Fsp3) is 0.900. The molecule has 0 aromatic carbocycles. The Kier molecular flexibility index (Phi) is 4.38. The highest BCUT2D eigenvalue weighted by Gasteiger charge is 2.44. The molecule has 3 heteroatoms. The Morgan fingerprint density at radius 2 is 1.92 bits per heavy atom. The Hall–Kier alpha value is -0.590. The summed E-state index contributed by atoms with van der Waals surface area (Å²) in [5.41, 5.74) is -1.76. The molecule has 0 fully saturated rings. The first-order chi connectivity index (χ1) is 5.99. The summed E-state index contributed by atoms with van der Waals surface area (Å²) >= 11 is 0. The summed E-state index contributed by atoms with van der Waals surface area (Å²) in [7, 11) is 1.54. The highest BCUT2D eigenvalue weighted by molar-refractivity contribution is 5.08. The Morgan fingerprint density at radius 1 is 1.38 bits per heavy atom. The van der Waals surface area contributed by atoms with Crippen LogP contribution in [0.4, 0.5) is 0 Å². The Bertz CT molecular complexity index is 200. The molecular formula is C10H19NO2. The molecule has 0 aromatic heterocycles. The van der Waals surface area contributed by atoms with Crippen LogP contribution >= 0.6 is 0 Å². The van der Waals surface area contributed by atoms with Crippen LogP contribution in [-0.4, -0.2) is 24.4 Å². The first-order valence-electron chi connectivity index (χ1n) is 4.62. The molecule has 2 unspecified atom stereocenters. The second-order valence-corrected chi connectivity index (χ2v) is 3.62. The predicted molar refractivity (Wildman–Crippen MR) is 51.1 cm³/mol. The van der Waals surface area contributed by atoms with Gasteiger partial charge in [-0.1, -0.05) is 13.8 Å². The van der Waals surface area contributed by atoms with E-state index in [1.807, 2.05) is 13.8 Å². The van der Waals surface area contributed by atoms with Crippen molar-refractivity contribution < 1.29 is 9.84 Å². The van der Waals surface area contributed by atoms with Crippen LogP contribution < -0.4 is 0 Å².